The quantitative estimate of drug-likeness (QED) is 0.716. The molecule has 0 aliphatic heterocycles. The molecule has 142 valence electrons. The topological polar surface area (TPSA) is 46.6 Å². The Bertz CT molecular complexity index is 797. The third-order valence-electron chi connectivity index (χ3n) is 5.11. The first-order chi connectivity index (χ1) is 13.1. The van der Waals surface area contributed by atoms with Gasteiger partial charge in [0.15, 0.2) is 0 Å². The van der Waals surface area contributed by atoms with Gasteiger partial charge in [-0.2, -0.15) is 0 Å². The first-order valence-corrected chi connectivity index (χ1v) is 9.32. The summed E-state index contributed by atoms with van der Waals surface area (Å²) in [7, 11) is 1.32. The Kier molecular flexibility index (Phi) is 6.22. The van der Waals surface area contributed by atoms with Crippen molar-refractivity contribution in [2.45, 2.75) is 38.1 Å². The molecule has 0 saturated heterocycles. The van der Waals surface area contributed by atoms with E-state index in [0.717, 1.165) is 31.2 Å². The fraction of sp³-hybridized carbons (Fsp3) is 0.364. The van der Waals surface area contributed by atoms with Gasteiger partial charge in [0.25, 0.3) is 5.91 Å². The molecule has 1 aliphatic carbocycles. The number of amides is 1. The Labute approximate surface area is 158 Å². The molecule has 1 aliphatic rings. The molecule has 4 nitrogen and oxygen atoms in total. The van der Waals surface area contributed by atoms with Gasteiger partial charge in [-0.25, -0.2) is 9.18 Å². The number of hydrogen-bond donors (Lipinski definition) is 0. The Hall–Kier alpha value is -2.69. The van der Waals surface area contributed by atoms with Crippen molar-refractivity contribution in [2.75, 3.05) is 13.7 Å². The largest absolute Gasteiger partial charge is 0.465 e. The molecular formula is C22H24FNO3. The maximum Gasteiger partial charge on any atom is 0.337 e. The van der Waals surface area contributed by atoms with E-state index in [1.807, 2.05) is 4.90 Å². The summed E-state index contributed by atoms with van der Waals surface area (Å²) in [5, 5.41) is 0. The minimum atomic E-state index is -0.455. The van der Waals surface area contributed by atoms with Gasteiger partial charge in [-0.3, -0.25) is 4.79 Å². The first kappa shape index (κ1) is 19.1. The number of ether oxygens (including phenoxy) is 1. The van der Waals surface area contributed by atoms with Crippen LogP contribution in [0.15, 0.2) is 48.5 Å². The van der Waals surface area contributed by atoms with Gasteiger partial charge in [-0.1, -0.05) is 31.0 Å². The number of carbonyl (C=O) groups is 2. The van der Waals surface area contributed by atoms with Crippen LogP contribution in [0.25, 0.3) is 0 Å². The SMILES string of the molecule is COC(=O)c1cccc(C(=O)N(CCc2ccc(F)cc2)C2CCCC2)c1. The highest BCUT2D eigenvalue weighted by Crippen LogP contribution is 2.25. The smallest absolute Gasteiger partial charge is 0.337 e. The summed E-state index contributed by atoms with van der Waals surface area (Å²) in [4.78, 5) is 26.9. The number of esters is 1. The molecule has 0 N–H and O–H groups in total. The molecule has 27 heavy (non-hydrogen) atoms. The van der Waals surface area contributed by atoms with Gasteiger partial charge in [0.2, 0.25) is 0 Å². The van der Waals surface area contributed by atoms with Crippen molar-refractivity contribution in [2.24, 2.45) is 0 Å². The molecular weight excluding hydrogens is 345 g/mol. The zero-order valence-corrected chi connectivity index (χ0v) is 15.5. The van der Waals surface area contributed by atoms with Crippen LogP contribution in [-0.2, 0) is 11.2 Å². The van der Waals surface area contributed by atoms with Gasteiger partial charge in [0.1, 0.15) is 5.82 Å². The number of methoxy groups -OCH3 is 1. The molecule has 1 amide bonds. The molecule has 0 aromatic heterocycles. The van der Waals surface area contributed by atoms with Gasteiger partial charge in [-0.15, -0.1) is 0 Å². The molecule has 2 aromatic carbocycles. The van der Waals surface area contributed by atoms with Crippen LogP contribution in [0.1, 0.15) is 52.0 Å². The van der Waals surface area contributed by atoms with E-state index in [1.54, 1.807) is 36.4 Å². The summed E-state index contributed by atoms with van der Waals surface area (Å²) in [5.41, 5.74) is 1.85. The fourth-order valence-electron chi connectivity index (χ4n) is 3.63. The average Bonchev–Trinajstić information content (AvgIpc) is 3.23. The summed E-state index contributed by atoms with van der Waals surface area (Å²) in [6.07, 6.45) is 4.89. The molecule has 0 bridgehead atoms. The van der Waals surface area contributed by atoms with Gasteiger partial charge in [0, 0.05) is 18.2 Å². The fourth-order valence-corrected chi connectivity index (χ4v) is 3.63. The van der Waals surface area contributed by atoms with E-state index in [0.29, 0.717) is 24.1 Å². The number of halogens is 1. The summed E-state index contributed by atoms with van der Waals surface area (Å²) in [6, 6.07) is 13.3. The Morgan fingerprint density at radius 3 is 2.41 bits per heavy atom. The van der Waals surface area contributed by atoms with Crippen LogP contribution in [-0.4, -0.2) is 36.5 Å². The van der Waals surface area contributed by atoms with Crippen molar-refractivity contribution in [3.8, 4) is 0 Å². The molecule has 0 heterocycles. The highest BCUT2D eigenvalue weighted by atomic mass is 19.1. The van der Waals surface area contributed by atoms with E-state index in [4.69, 9.17) is 4.74 Å². The summed E-state index contributed by atoms with van der Waals surface area (Å²) in [5.74, 6) is -0.791. The van der Waals surface area contributed by atoms with Crippen LogP contribution in [0.4, 0.5) is 4.39 Å². The van der Waals surface area contributed by atoms with Crippen LogP contribution >= 0.6 is 0 Å². The number of benzene rings is 2. The van der Waals surface area contributed by atoms with E-state index >= 15 is 0 Å². The molecule has 0 unspecified atom stereocenters. The lowest BCUT2D eigenvalue weighted by Crippen LogP contribution is -2.40. The lowest BCUT2D eigenvalue weighted by atomic mass is 10.1. The van der Waals surface area contributed by atoms with Crippen LogP contribution < -0.4 is 0 Å². The van der Waals surface area contributed by atoms with Crippen molar-refractivity contribution in [1.29, 1.82) is 0 Å². The summed E-state index contributed by atoms with van der Waals surface area (Å²) >= 11 is 0. The van der Waals surface area contributed by atoms with Crippen molar-refractivity contribution >= 4 is 11.9 Å². The maximum atomic E-state index is 13.2. The van der Waals surface area contributed by atoms with Crippen molar-refractivity contribution in [3.63, 3.8) is 0 Å². The Morgan fingerprint density at radius 1 is 1.07 bits per heavy atom. The van der Waals surface area contributed by atoms with Crippen molar-refractivity contribution in [3.05, 3.63) is 71.0 Å². The molecule has 1 saturated carbocycles. The molecule has 0 spiro atoms. The van der Waals surface area contributed by atoms with Gasteiger partial charge in [-0.05, 0) is 55.2 Å². The molecule has 5 heteroatoms. The number of rotatable bonds is 6. The zero-order valence-electron chi connectivity index (χ0n) is 15.5. The number of carbonyl (C=O) groups excluding carboxylic acids is 2. The van der Waals surface area contributed by atoms with Crippen molar-refractivity contribution in [1.82, 2.24) is 4.90 Å². The lowest BCUT2D eigenvalue weighted by molar-refractivity contribution is 0.0600. The number of hydrogen-bond acceptors (Lipinski definition) is 3. The minimum absolute atomic E-state index is 0.0743. The standard InChI is InChI=1S/C22H24FNO3/c1-27-22(26)18-6-4-5-17(15-18)21(25)24(20-7-2-3-8-20)14-13-16-9-11-19(23)12-10-16/h4-6,9-12,15,20H,2-3,7-8,13-14H2,1H3. The monoisotopic (exact) mass is 369 g/mol. The normalized spacial score (nSPS) is 14.1. The van der Waals surface area contributed by atoms with E-state index in [1.165, 1.54) is 19.2 Å². The second-order valence-corrected chi connectivity index (χ2v) is 6.89. The highest BCUT2D eigenvalue weighted by molar-refractivity contribution is 5.98. The molecule has 3 rings (SSSR count). The predicted octanol–water partition coefficient (Wildman–Crippen LogP) is 4.24. The Balaban J connectivity index is 1.78. The third kappa shape index (κ3) is 4.73. The van der Waals surface area contributed by atoms with E-state index in [2.05, 4.69) is 0 Å². The zero-order chi connectivity index (χ0) is 19.2. The van der Waals surface area contributed by atoms with Gasteiger partial charge >= 0.3 is 5.97 Å². The minimum Gasteiger partial charge on any atom is -0.465 e. The van der Waals surface area contributed by atoms with Gasteiger partial charge in [0.05, 0.1) is 12.7 Å². The summed E-state index contributed by atoms with van der Waals surface area (Å²) < 4.78 is 17.9. The number of nitrogens with zero attached hydrogens (tertiary/aromatic N) is 1. The second kappa shape index (κ2) is 8.80. The van der Waals surface area contributed by atoms with Gasteiger partial charge < -0.3 is 9.64 Å². The van der Waals surface area contributed by atoms with E-state index in [9.17, 15) is 14.0 Å². The van der Waals surface area contributed by atoms with Crippen LogP contribution in [0.2, 0.25) is 0 Å². The van der Waals surface area contributed by atoms with E-state index < -0.39 is 5.97 Å². The van der Waals surface area contributed by atoms with Crippen molar-refractivity contribution < 1.29 is 18.7 Å². The molecule has 0 atom stereocenters. The molecule has 0 radical (unpaired) electrons. The predicted molar refractivity (Wildman–Crippen MR) is 101 cm³/mol. The maximum absolute atomic E-state index is 13.2. The van der Waals surface area contributed by atoms with Crippen LogP contribution in [0.3, 0.4) is 0 Å². The lowest BCUT2D eigenvalue weighted by Gasteiger charge is -2.29. The van der Waals surface area contributed by atoms with E-state index in [-0.39, 0.29) is 17.8 Å². The second-order valence-electron chi connectivity index (χ2n) is 6.89. The first-order valence-electron chi connectivity index (χ1n) is 9.32. The third-order valence-corrected chi connectivity index (χ3v) is 5.11. The van der Waals surface area contributed by atoms with Crippen LogP contribution in [0, 0.1) is 5.82 Å². The molecule has 2 aromatic rings. The highest BCUT2D eigenvalue weighted by Gasteiger charge is 2.27. The van der Waals surface area contributed by atoms with Crippen LogP contribution in [0.5, 0.6) is 0 Å². The molecule has 1 fully saturated rings. The Morgan fingerprint density at radius 2 is 1.74 bits per heavy atom. The average molecular weight is 369 g/mol. The summed E-state index contributed by atoms with van der Waals surface area (Å²) in [6.45, 7) is 0.567.